The molecule has 0 bridgehead atoms. The summed E-state index contributed by atoms with van der Waals surface area (Å²) < 4.78 is 5.41. The van der Waals surface area contributed by atoms with E-state index in [0.717, 1.165) is 22.8 Å². The van der Waals surface area contributed by atoms with Crippen molar-refractivity contribution in [1.29, 1.82) is 0 Å². The van der Waals surface area contributed by atoms with Crippen molar-refractivity contribution in [3.8, 4) is 0 Å². The van der Waals surface area contributed by atoms with E-state index < -0.39 is 53.5 Å². The average Bonchev–Trinajstić information content (AvgIpc) is 2.91. The van der Waals surface area contributed by atoms with Crippen molar-refractivity contribution in [2.24, 2.45) is 11.8 Å². The number of alkyl carbamates (subject to hydrolysis) is 1. The van der Waals surface area contributed by atoms with Crippen LogP contribution in [0.1, 0.15) is 65.9 Å². The molecule has 4 amide bonds. The van der Waals surface area contributed by atoms with Crippen LogP contribution >= 0.6 is 0 Å². The highest BCUT2D eigenvalue weighted by molar-refractivity contribution is 5.94. The molecule has 5 N–H and O–H groups in total. The van der Waals surface area contributed by atoms with Gasteiger partial charge in [-0.05, 0) is 68.7 Å². The zero-order valence-corrected chi connectivity index (χ0v) is 25.6. The van der Waals surface area contributed by atoms with Gasteiger partial charge in [-0.1, -0.05) is 56.3 Å². The van der Waals surface area contributed by atoms with E-state index >= 15 is 0 Å². The molecule has 1 saturated heterocycles. The minimum Gasteiger partial charge on any atom is -0.480 e. The third-order valence-corrected chi connectivity index (χ3v) is 7.19. The number of aliphatic carboxylic acids is 1. The number of carboxylic acid groups (broad SMARTS) is 1. The number of benzene rings is 2. The number of carbonyl (C=O) groups excluding carboxylic acids is 4. The van der Waals surface area contributed by atoms with Gasteiger partial charge in [-0.15, -0.1) is 0 Å². The van der Waals surface area contributed by atoms with Gasteiger partial charge in [0.05, 0.1) is 0 Å². The maximum Gasteiger partial charge on any atom is 0.408 e. The lowest BCUT2D eigenvalue weighted by molar-refractivity contribution is -0.143. The minimum atomic E-state index is -1.31. The van der Waals surface area contributed by atoms with Crippen molar-refractivity contribution in [3.63, 3.8) is 0 Å². The first kappa shape index (κ1) is 33.4. The molecule has 1 heterocycles. The van der Waals surface area contributed by atoms with Gasteiger partial charge in [-0.2, -0.15) is 0 Å². The highest BCUT2D eigenvalue weighted by atomic mass is 16.6. The largest absolute Gasteiger partial charge is 0.480 e. The lowest BCUT2D eigenvalue weighted by Crippen LogP contribution is -2.57. The number of piperidine rings is 1. The fourth-order valence-electron chi connectivity index (χ4n) is 5.16. The zero-order chi connectivity index (χ0) is 31.7. The summed E-state index contributed by atoms with van der Waals surface area (Å²) in [4.78, 5) is 64.2. The van der Waals surface area contributed by atoms with Gasteiger partial charge in [0.2, 0.25) is 17.7 Å². The van der Waals surface area contributed by atoms with Crippen molar-refractivity contribution in [2.75, 3.05) is 6.54 Å². The Kier molecular flexibility index (Phi) is 11.5. The number of hydrogen-bond donors (Lipinski definition) is 5. The fraction of sp³-hybridized carbons (Fsp3) is 0.531. The lowest BCUT2D eigenvalue weighted by atomic mass is 9.91. The van der Waals surface area contributed by atoms with Crippen LogP contribution in [0.5, 0.6) is 0 Å². The SMILES string of the molecule is CC(C)CC(NC(=O)C(Cc1cccc2ccccc12)NC(=O)OC(C)(C)C)C(=O)NC(C[C@@H]1CCCNC1=O)C(=O)O. The molecule has 4 atom stereocenters. The maximum absolute atomic E-state index is 13.7. The number of nitrogens with one attached hydrogen (secondary N) is 4. The highest BCUT2D eigenvalue weighted by Crippen LogP contribution is 2.21. The van der Waals surface area contributed by atoms with E-state index in [-0.39, 0.29) is 31.1 Å². The smallest absolute Gasteiger partial charge is 0.408 e. The van der Waals surface area contributed by atoms with Gasteiger partial charge in [-0.3, -0.25) is 14.4 Å². The number of carbonyl (C=O) groups is 5. The van der Waals surface area contributed by atoms with E-state index in [1.54, 1.807) is 20.8 Å². The highest BCUT2D eigenvalue weighted by Gasteiger charge is 2.34. The molecular weight excluding hydrogens is 552 g/mol. The van der Waals surface area contributed by atoms with E-state index in [9.17, 15) is 29.1 Å². The first-order chi connectivity index (χ1) is 20.2. The Morgan fingerprint density at radius 2 is 1.60 bits per heavy atom. The third-order valence-electron chi connectivity index (χ3n) is 7.19. The molecule has 43 heavy (non-hydrogen) atoms. The Labute approximate surface area is 252 Å². The second-order valence-electron chi connectivity index (χ2n) is 12.5. The van der Waals surface area contributed by atoms with Crippen molar-refractivity contribution in [3.05, 3.63) is 48.0 Å². The van der Waals surface area contributed by atoms with Gasteiger partial charge in [0.15, 0.2) is 0 Å². The van der Waals surface area contributed by atoms with Gasteiger partial charge in [0, 0.05) is 18.9 Å². The van der Waals surface area contributed by atoms with Crippen molar-refractivity contribution in [2.45, 2.75) is 90.4 Å². The van der Waals surface area contributed by atoms with E-state index in [1.165, 1.54) is 0 Å². The van der Waals surface area contributed by atoms with Gasteiger partial charge < -0.3 is 31.1 Å². The molecule has 0 spiro atoms. The molecule has 234 valence electrons. The van der Waals surface area contributed by atoms with Crippen LogP contribution in [0.3, 0.4) is 0 Å². The Hall–Kier alpha value is -4.15. The topological polar surface area (TPSA) is 163 Å². The van der Waals surface area contributed by atoms with Gasteiger partial charge in [0.1, 0.15) is 23.7 Å². The quantitative estimate of drug-likeness (QED) is 0.251. The van der Waals surface area contributed by atoms with Crippen LogP contribution in [0.15, 0.2) is 42.5 Å². The number of amides is 4. The van der Waals surface area contributed by atoms with E-state index in [1.807, 2.05) is 56.3 Å². The molecule has 0 saturated carbocycles. The Bertz CT molecular complexity index is 1320. The molecule has 1 aliphatic heterocycles. The standard InChI is InChI=1S/C32H44N4O7/c1-19(2)16-24(28(38)35-26(30(40)41)18-22-13-9-15-33-27(22)37)34-29(39)25(36-31(42)43-32(3,4)5)17-21-12-8-11-20-10-6-7-14-23(20)21/h6-8,10-12,14,19,22,24-26H,9,13,15-18H2,1-5H3,(H,33,37)(H,34,39)(H,35,38)(H,36,42)(H,40,41)/t22-,24?,25?,26?/m0/s1. The van der Waals surface area contributed by atoms with E-state index in [0.29, 0.717) is 13.0 Å². The second kappa shape index (κ2) is 14.8. The molecular formula is C32H44N4O7. The first-order valence-corrected chi connectivity index (χ1v) is 14.8. The van der Waals surface area contributed by atoms with Gasteiger partial charge >= 0.3 is 12.1 Å². The normalized spacial score (nSPS) is 17.3. The molecule has 3 rings (SSSR count). The molecule has 2 aromatic carbocycles. The van der Waals surface area contributed by atoms with Gasteiger partial charge in [-0.25, -0.2) is 9.59 Å². The number of ether oxygens (including phenoxy) is 1. The molecule has 0 aliphatic carbocycles. The fourth-order valence-corrected chi connectivity index (χ4v) is 5.16. The molecule has 11 nitrogen and oxygen atoms in total. The van der Waals surface area contributed by atoms with Crippen LogP contribution in [0.25, 0.3) is 10.8 Å². The predicted molar refractivity (Wildman–Crippen MR) is 162 cm³/mol. The minimum absolute atomic E-state index is 0.0289. The summed E-state index contributed by atoms with van der Waals surface area (Å²) in [6.45, 7) is 9.43. The van der Waals surface area contributed by atoms with Crippen LogP contribution in [-0.4, -0.2) is 65.2 Å². The lowest BCUT2D eigenvalue weighted by Gasteiger charge is -2.28. The summed E-state index contributed by atoms with van der Waals surface area (Å²) in [5, 5.41) is 22.4. The molecule has 1 aliphatic rings. The summed E-state index contributed by atoms with van der Waals surface area (Å²) in [6, 6.07) is 9.90. The van der Waals surface area contributed by atoms with Crippen molar-refractivity contribution >= 4 is 40.6 Å². The first-order valence-electron chi connectivity index (χ1n) is 14.8. The zero-order valence-electron chi connectivity index (χ0n) is 25.6. The molecule has 3 unspecified atom stereocenters. The van der Waals surface area contributed by atoms with Crippen LogP contribution < -0.4 is 21.3 Å². The predicted octanol–water partition coefficient (Wildman–Crippen LogP) is 3.29. The van der Waals surface area contributed by atoms with Crippen LogP contribution in [0, 0.1) is 11.8 Å². The number of fused-ring (bicyclic) bond motifs is 1. The summed E-state index contributed by atoms with van der Waals surface area (Å²) in [6.07, 6.45) is 0.765. The third kappa shape index (κ3) is 10.3. The molecule has 2 aromatic rings. The summed E-state index contributed by atoms with van der Waals surface area (Å²) >= 11 is 0. The summed E-state index contributed by atoms with van der Waals surface area (Å²) in [5.41, 5.74) is 0.0157. The van der Waals surface area contributed by atoms with Gasteiger partial charge in [0.25, 0.3) is 0 Å². The maximum atomic E-state index is 13.7. The molecule has 0 radical (unpaired) electrons. The number of hydrogen-bond acceptors (Lipinski definition) is 6. The number of carboxylic acids is 1. The molecule has 11 heteroatoms. The van der Waals surface area contributed by atoms with E-state index in [2.05, 4.69) is 21.3 Å². The summed E-state index contributed by atoms with van der Waals surface area (Å²) in [7, 11) is 0. The van der Waals surface area contributed by atoms with Crippen LogP contribution in [0.2, 0.25) is 0 Å². The Morgan fingerprint density at radius 3 is 2.26 bits per heavy atom. The van der Waals surface area contributed by atoms with Crippen LogP contribution in [0.4, 0.5) is 4.79 Å². The molecule has 0 aromatic heterocycles. The Balaban J connectivity index is 1.82. The summed E-state index contributed by atoms with van der Waals surface area (Å²) in [5.74, 6) is -3.34. The Morgan fingerprint density at radius 1 is 0.953 bits per heavy atom. The average molecular weight is 597 g/mol. The molecule has 1 fully saturated rings. The van der Waals surface area contributed by atoms with Crippen molar-refractivity contribution < 1.29 is 33.8 Å². The second-order valence-corrected chi connectivity index (χ2v) is 12.5. The monoisotopic (exact) mass is 596 g/mol. The van der Waals surface area contributed by atoms with Crippen LogP contribution in [-0.2, 0) is 30.3 Å². The number of rotatable bonds is 12. The van der Waals surface area contributed by atoms with E-state index in [4.69, 9.17) is 4.74 Å². The van der Waals surface area contributed by atoms with Crippen molar-refractivity contribution in [1.82, 2.24) is 21.3 Å².